The molecule has 116 valence electrons. The van der Waals surface area contributed by atoms with Crippen LogP contribution in [0.1, 0.15) is 25.3 Å². The first-order chi connectivity index (χ1) is 10.5. The highest BCUT2D eigenvalue weighted by Crippen LogP contribution is 2.27. The van der Waals surface area contributed by atoms with Crippen molar-refractivity contribution in [3.05, 3.63) is 23.8 Å². The van der Waals surface area contributed by atoms with Crippen molar-refractivity contribution in [3.8, 4) is 17.9 Å². The Morgan fingerprint density at radius 3 is 2.68 bits per heavy atom. The summed E-state index contributed by atoms with van der Waals surface area (Å²) in [5.74, 6) is -0.252. The van der Waals surface area contributed by atoms with E-state index in [1.54, 1.807) is 6.92 Å². The van der Waals surface area contributed by atoms with Gasteiger partial charge in [0.15, 0.2) is 0 Å². The van der Waals surface area contributed by atoms with Gasteiger partial charge in [-0.25, -0.2) is 4.79 Å². The lowest BCUT2D eigenvalue weighted by atomic mass is 10.2. The van der Waals surface area contributed by atoms with Gasteiger partial charge >= 0.3 is 12.6 Å². The van der Waals surface area contributed by atoms with Crippen LogP contribution in [0, 0.1) is 22.7 Å². The van der Waals surface area contributed by atoms with Gasteiger partial charge in [-0.15, -0.1) is 0 Å². The third kappa shape index (κ3) is 5.25. The van der Waals surface area contributed by atoms with Gasteiger partial charge in [0.25, 0.3) is 0 Å². The van der Waals surface area contributed by atoms with Gasteiger partial charge in [-0.05, 0) is 24.6 Å². The molecule has 0 aliphatic carbocycles. The van der Waals surface area contributed by atoms with E-state index < -0.39 is 12.6 Å². The molecule has 2 N–H and O–H groups in total. The number of urea groups is 1. The summed E-state index contributed by atoms with van der Waals surface area (Å²) in [5, 5.41) is 22.3. The Balaban J connectivity index is 2.88. The van der Waals surface area contributed by atoms with Crippen molar-refractivity contribution in [2.75, 3.05) is 5.32 Å². The lowest BCUT2D eigenvalue weighted by molar-refractivity contribution is -0.0493. The minimum Gasteiger partial charge on any atom is -0.433 e. The molecule has 6 nitrogen and oxygen atoms in total. The maximum Gasteiger partial charge on any atom is 0.387 e. The summed E-state index contributed by atoms with van der Waals surface area (Å²) in [4.78, 5) is 11.8. The van der Waals surface area contributed by atoms with Crippen LogP contribution in [-0.4, -0.2) is 18.7 Å². The molecule has 1 aromatic rings. The number of amides is 2. The molecule has 0 unspecified atom stereocenters. The van der Waals surface area contributed by atoms with Crippen LogP contribution in [-0.2, 0) is 0 Å². The smallest absolute Gasteiger partial charge is 0.387 e. The molecule has 0 bridgehead atoms. The number of benzene rings is 1. The number of nitrogens with one attached hydrogen (secondary N) is 2. The van der Waals surface area contributed by atoms with Gasteiger partial charge in [-0.2, -0.15) is 19.3 Å². The van der Waals surface area contributed by atoms with Crippen LogP contribution >= 0.6 is 0 Å². The van der Waals surface area contributed by atoms with Crippen molar-refractivity contribution < 1.29 is 18.3 Å². The van der Waals surface area contributed by atoms with E-state index in [0.29, 0.717) is 6.42 Å². The zero-order chi connectivity index (χ0) is 16.5. The number of nitriles is 2. The van der Waals surface area contributed by atoms with Gasteiger partial charge in [0, 0.05) is 6.04 Å². The third-order valence-corrected chi connectivity index (χ3v) is 2.74. The van der Waals surface area contributed by atoms with Crippen molar-refractivity contribution in [3.63, 3.8) is 0 Å². The lowest BCUT2D eigenvalue weighted by Gasteiger charge is -2.16. The van der Waals surface area contributed by atoms with Crippen molar-refractivity contribution in [1.29, 1.82) is 10.5 Å². The number of carbonyl (C=O) groups is 1. The highest BCUT2D eigenvalue weighted by Gasteiger charge is 2.15. The molecule has 22 heavy (non-hydrogen) atoms. The fraction of sp³-hybridized carbons (Fsp3) is 0.357. The number of hydrogen-bond acceptors (Lipinski definition) is 4. The normalized spacial score (nSPS) is 11.2. The van der Waals surface area contributed by atoms with Gasteiger partial charge < -0.3 is 15.4 Å². The van der Waals surface area contributed by atoms with Gasteiger partial charge in [-0.3, -0.25) is 0 Å². The third-order valence-electron chi connectivity index (χ3n) is 2.74. The first-order valence-electron chi connectivity index (χ1n) is 6.43. The van der Waals surface area contributed by atoms with Crippen LogP contribution in [0.5, 0.6) is 5.75 Å². The number of ether oxygens (including phenoxy) is 1. The average Bonchev–Trinajstić information content (AvgIpc) is 2.48. The Kier molecular flexibility index (Phi) is 6.58. The number of alkyl halides is 2. The fourth-order valence-electron chi connectivity index (χ4n) is 1.65. The SMILES string of the molecule is CC[C@@H](CC#N)NC(=O)Nc1cc(C#N)ccc1OC(F)F. The Morgan fingerprint density at radius 1 is 1.41 bits per heavy atom. The second-order valence-corrected chi connectivity index (χ2v) is 4.27. The number of anilines is 1. The molecule has 0 spiro atoms. The minimum absolute atomic E-state index is 0.0522. The summed E-state index contributed by atoms with van der Waals surface area (Å²) in [6.45, 7) is -1.26. The first-order valence-corrected chi connectivity index (χ1v) is 6.43. The van der Waals surface area contributed by atoms with E-state index in [4.69, 9.17) is 10.5 Å². The molecule has 0 aromatic heterocycles. The predicted octanol–water partition coefficient (Wildman–Crippen LogP) is 2.97. The van der Waals surface area contributed by atoms with E-state index in [1.165, 1.54) is 18.2 Å². The van der Waals surface area contributed by atoms with Gasteiger partial charge in [0.1, 0.15) is 5.75 Å². The van der Waals surface area contributed by atoms with Crippen LogP contribution in [0.25, 0.3) is 0 Å². The van der Waals surface area contributed by atoms with Gasteiger partial charge in [-0.1, -0.05) is 6.92 Å². The summed E-state index contributed by atoms with van der Waals surface area (Å²) in [6, 6.07) is 6.44. The summed E-state index contributed by atoms with van der Waals surface area (Å²) < 4.78 is 29.0. The predicted molar refractivity (Wildman–Crippen MR) is 74.3 cm³/mol. The molecule has 0 saturated carbocycles. The van der Waals surface area contributed by atoms with Crippen molar-refractivity contribution in [2.24, 2.45) is 0 Å². The van der Waals surface area contributed by atoms with Crippen LogP contribution < -0.4 is 15.4 Å². The van der Waals surface area contributed by atoms with E-state index in [0.717, 1.165) is 0 Å². The maximum absolute atomic E-state index is 12.3. The van der Waals surface area contributed by atoms with E-state index in [9.17, 15) is 13.6 Å². The number of nitrogens with zero attached hydrogens (tertiary/aromatic N) is 2. The van der Waals surface area contributed by atoms with Crippen molar-refractivity contribution >= 4 is 11.7 Å². The molecule has 0 fully saturated rings. The quantitative estimate of drug-likeness (QED) is 0.844. The zero-order valence-corrected chi connectivity index (χ0v) is 11.8. The number of halogens is 2. The molecule has 1 rings (SSSR count). The highest BCUT2D eigenvalue weighted by molar-refractivity contribution is 5.91. The molecule has 0 saturated heterocycles. The van der Waals surface area contributed by atoms with E-state index in [-0.39, 0.29) is 29.5 Å². The lowest BCUT2D eigenvalue weighted by Crippen LogP contribution is -2.37. The summed E-state index contributed by atoms with van der Waals surface area (Å²) in [5.41, 5.74) is 0.129. The summed E-state index contributed by atoms with van der Waals surface area (Å²) >= 11 is 0. The Morgan fingerprint density at radius 2 is 2.14 bits per heavy atom. The Bertz CT molecular complexity index is 608. The number of carbonyl (C=O) groups excluding carboxylic acids is 1. The Hall–Kier alpha value is -2.87. The first kappa shape index (κ1) is 17.2. The zero-order valence-electron chi connectivity index (χ0n) is 11.8. The maximum atomic E-state index is 12.3. The molecule has 0 aliphatic heterocycles. The van der Waals surface area contributed by atoms with Crippen LogP contribution in [0.2, 0.25) is 0 Å². The summed E-state index contributed by atoms with van der Waals surface area (Å²) in [6.07, 6.45) is 0.669. The average molecular weight is 308 g/mol. The standard InChI is InChI=1S/C14H14F2N4O2/c1-2-10(5-6-17)19-14(21)20-11-7-9(8-18)3-4-12(11)22-13(15)16/h3-4,7,10,13H,2,5H2,1H3,(H2,19,20,21)/t10-/m0/s1. The minimum atomic E-state index is -3.06. The molecular weight excluding hydrogens is 294 g/mol. The second kappa shape index (κ2) is 8.42. The highest BCUT2D eigenvalue weighted by atomic mass is 19.3. The monoisotopic (exact) mass is 308 g/mol. The van der Waals surface area contributed by atoms with Gasteiger partial charge in [0.05, 0.1) is 29.8 Å². The molecular formula is C14H14F2N4O2. The summed E-state index contributed by atoms with van der Waals surface area (Å²) in [7, 11) is 0. The molecule has 0 aliphatic rings. The van der Waals surface area contributed by atoms with E-state index >= 15 is 0 Å². The topological polar surface area (TPSA) is 97.9 Å². The van der Waals surface area contributed by atoms with E-state index in [1.807, 2.05) is 12.1 Å². The van der Waals surface area contributed by atoms with Crippen molar-refractivity contribution in [2.45, 2.75) is 32.4 Å². The Labute approximate surface area is 126 Å². The van der Waals surface area contributed by atoms with E-state index in [2.05, 4.69) is 15.4 Å². The van der Waals surface area contributed by atoms with Gasteiger partial charge in [0.2, 0.25) is 0 Å². The van der Waals surface area contributed by atoms with Crippen LogP contribution in [0.15, 0.2) is 18.2 Å². The molecule has 1 atom stereocenters. The molecule has 1 aromatic carbocycles. The number of rotatable bonds is 6. The molecule has 0 heterocycles. The largest absolute Gasteiger partial charge is 0.433 e. The molecule has 8 heteroatoms. The van der Waals surface area contributed by atoms with Crippen molar-refractivity contribution in [1.82, 2.24) is 5.32 Å². The number of hydrogen-bond donors (Lipinski definition) is 2. The fourth-order valence-corrected chi connectivity index (χ4v) is 1.65. The molecule has 0 radical (unpaired) electrons. The van der Waals surface area contributed by atoms with Crippen LogP contribution in [0.3, 0.4) is 0 Å². The molecule has 2 amide bonds. The second-order valence-electron chi connectivity index (χ2n) is 4.27. The van der Waals surface area contributed by atoms with Crippen LogP contribution in [0.4, 0.5) is 19.3 Å².